The Morgan fingerprint density at radius 1 is 0.762 bits per heavy atom. The van der Waals surface area contributed by atoms with Gasteiger partial charge in [0.25, 0.3) is 0 Å². The maximum Gasteiger partial charge on any atom is 0.175 e. The minimum absolute atomic E-state index is 0.280. The van der Waals surface area contributed by atoms with Gasteiger partial charge in [-0.05, 0) is 11.6 Å². The summed E-state index contributed by atoms with van der Waals surface area (Å²) in [6, 6.07) is 19.7. The fourth-order valence-electron chi connectivity index (χ4n) is 2.05. The lowest BCUT2D eigenvalue weighted by molar-refractivity contribution is 1.03. The number of rotatable bonds is 3. The van der Waals surface area contributed by atoms with E-state index >= 15 is 0 Å². The van der Waals surface area contributed by atoms with Crippen LogP contribution < -0.4 is 5.32 Å². The number of benzene rings is 2. The molecular weight excluding hydrogens is 305 g/mol. The van der Waals surface area contributed by atoms with Crippen molar-refractivity contribution in [1.82, 2.24) is 10.2 Å². The van der Waals surface area contributed by atoms with E-state index in [2.05, 4.69) is 27.6 Å². The second-order valence-electron chi connectivity index (χ2n) is 4.41. The molecule has 0 amide bonds. The second kappa shape index (κ2) is 6.12. The van der Waals surface area contributed by atoms with Crippen LogP contribution >= 0.6 is 23.2 Å². The Balaban J connectivity index is 2.02. The minimum Gasteiger partial charge on any atom is -0.352 e. The SMILES string of the molecule is Clc1cc(Nc2ccccc2-c2ccccc2)c(Cl)nn1. The number of hydrogen-bond acceptors (Lipinski definition) is 3. The number of anilines is 2. The first-order chi connectivity index (χ1) is 10.2. The Labute approximate surface area is 132 Å². The zero-order valence-electron chi connectivity index (χ0n) is 10.9. The molecule has 0 aliphatic heterocycles. The van der Waals surface area contributed by atoms with Crippen LogP contribution in [0.5, 0.6) is 0 Å². The molecule has 0 aliphatic rings. The van der Waals surface area contributed by atoms with Gasteiger partial charge in [-0.3, -0.25) is 0 Å². The van der Waals surface area contributed by atoms with Crippen molar-refractivity contribution in [2.45, 2.75) is 0 Å². The summed E-state index contributed by atoms with van der Waals surface area (Å²) in [5.41, 5.74) is 3.74. The van der Waals surface area contributed by atoms with E-state index in [-0.39, 0.29) is 5.15 Å². The van der Waals surface area contributed by atoms with Crippen LogP contribution in [-0.2, 0) is 0 Å². The van der Waals surface area contributed by atoms with Crippen molar-refractivity contribution in [3.63, 3.8) is 0 Å². The Hall–Kier alpha value is -2.10. The van der Waals surface area contributed by atoms with Gasteiger partial charge in [-0.15, -0.1) is 10.2 Å². The van der Waals surface area contributed by atoms with E-state index < -0.39 is 0 Å². The average Bonchev–Trinajstić information content (AvgIpc) is 2.52. The van der Waals surface area contributed by atoms with Gasteiger partial charge in [-0.25, -0.2) is 0 Å². The first kappa shape index (κ1) is 13.9. The molecule has 0 radical (unpaired) electrons. The van der Waals surface area contributed by atoms with Crippen LogP contribution in [0.15, 0.2) is 60.7 Å². The van der Waals surface area contributed by atoms with Crippen LogP contribution in [0.1, 0.15) is 0 Å². The van der Waals surface area contributed by atoms with Gasteiger partial charge in [0.1, 0.15) is 0 Å². The summed E-state index contributed by atoms with van der Waals surface area (Å²) in [7, 11) is 0. The first-order valence-electron chi connectivity index (χ1n) is 6.34. The van der Waals surface area contributed by atoms with Crippen molar-refractivity contribution >= 4 is 34.6 Å². The van der Waals surface area contributed by atoms with Crippen LogP contribution in [0.2, 0.25) is 10.3 Å². The summed E-state index contributed by atoms with van der Waals surface area (Å²) >= 11 is 11.9. The molecule has 1 aromatic heterocycles. The number of aromatic nitrogens is 2. The van der Waals surface area contributed by atoms with Gasteiger partial charge in [0.2, 0.25) is 0 Å². The summed E-state index contributed by atoms with van der Waals surface area (Å²) in [5.74, 6) is 0. The van der Waals surface area contributed by atoms with E-state index in [0.717, 1.165) is 16.8 Å². The summed E-state index contributed by atoms with van der Waals surface area (Å²) in [6.07, 6.45) is 0. The highest BCUT2D eigenvalue weighted by Crippen LogP contribution is 2.32. The van der Waals surface area contributed by atoms with Crippen molar-refractivity contribution in [2.24, 2.45) is 0 Å². The molecule has 1 heterocycles. The predicted octanol–water partition coefficient (Wildman–Crippen LogP) is 5.19. The molecule has 0 aliphatic carbocycles. The molecule has 3 nitrogen and oxygen atoms in total. The summed E-state index contributed by atoms with van der Waals surface area (Å²) < 4.78 is 0. The lowest BCUT2D eigenvalue weighted by Crippen LogP contribution is -1.96. The fourth-order valence-corrected chi connectivity index (χ4v) is 2.33. The van der Waals surface area contributed by atoms with Crippen molar-refractivity contribution in [1.29, 1.82) is 0 Å². The molecular formula is C16H11Cl2N3. The maximum atomic E-state index is 6.05. The highest BCUT2D eigenvalue weighted by atomic mass is 35.5. The largest absolute Gasteiger partial charge is 0.352 e. The normalized spacial score (nSPS) is 10.4. The summed E-state index contributed by atoms with van der Waals surface area (Å²) in [5, 5.41) is 11.3. The third-order valence-electron chi connectivity index (χ3n) is 3.00. The summed E-state index contributed by atoms with van der Waals surface area (Å²) in [6.45, 7) is 0. The van der Waals surface area contributed by atoms with Crippen LogP contribution in [0, 0.1) is 0 Å². The highest BCUT2D eigenvalue weighted by Gasteiger charge is 2.08. The van der Waals surface area contributed by atoms with E-state index in [9.17, 15) is 0 Å². The molecule has 3 rings (SSSR count). The molecule has 0 bridgehead atoms. The Kier molecular flexibility index (Phi) is 4.04. The van der Waals surface area contributed by atoms with Gasteiger partial charge in [-0.1, -0.05) is 71.7 Å². The van der Waals surface area contributed by atoms with Gasteiger partial charge < -0.3 is 5.32 Å². The standard InChI is InChI=1S/C16H11Cl2N3/c17-15-10-14(16(18)21-20-15)19-13-9-5-4-8-12(13)11-6-2-1-3-7-11/h1-10H,(H,19,20). The maximum absolute atomic E-state index is 6.05. The Bertz CT molecular complexity index is 760. The molecule has 5 heteroatoms. The molecule has 0 saturated carbocycles. The quantitative estimate of drug-likeness (QED) is 0.722. The predicted molar refractivity (Wildman–Crippen MR) is 87.2 cm³/mol. The molecule has 3 aromatic rings. The third-order valence-corrected chi connectivity index (χ3v) is 3.46. The zero-order chi connectivity index (χ0) is 14.7. The van der Waals surface area contributed by atoms with Crippen molar-refractivity contribution in [2.75, 3.05) is 5.32 Å². The molecule has 21 heavy (non-hydrogen) atoms. The number of para-hydroxylation sites is 1. The lowest BCUT2D eigenvalue weighted by atomic mass is 10.0. The van der Waals surface area contributed by atoms with Gasteiger partial charge >= 0.3 is 0 Å². The van der Waals surface area contributed by atoms with Gasteiger partial charge in [0, 0.05) is 17.3 Å². The molecule has 1 N–H and O–H groups in total. The molecule has 2 aromatic carbocycles. The Morgan fingerprint density at radius 3 is 2.29 bits per heavy atom. The van der Waals surface area contributed by atoms with E-state index in [1.54, 1.807) is 6.07 Å². The fraction of sp³-hybridized carbons (Fsp3) is 0. The molecule has 0 fully saturated rings. The Morgan fingerprint density at radius 2 is 1.48 bits per heavy atom. The minimum atomic E-state index is 0.280. The van der Waals surface area contributed by atoms with Crippen molar-refractivity contribution < 1.29 is 0 Å². The average molecular weight is 316 g/mol. The zero-order valence-corrected chi connectivity index (χ0v) is 12.4. The van der Waals surface area contributed by atoms with Crippen molar-refractivity contribution in [3.8, 4) is 11.1 Å². The number of nitrogens with one attached hydrogen (secondary N) is 1. The van der Waals surface area contributed by atoms with Crippen LogP contribution in [-0.4, -0.2) is 10.2 Å². The van der Waals surface area contributed by atoms with Crippen LogP contribution in [0.3, 0.4) is 0 Å². The monoisotopic (exact) mass is 315 g/mol. The van der Waals surface area contributed by atoms with E-state index in [1.807, 2.05) is 42.5 Å². The van der Waals surface area contributed by atoms with E-state index in [4.69, 9.17) is 23.2 Å². The van der Waals surface area contributed by atoms with Crippen molar-refractivity contribution in [3.05, 3.63) is 71.0 Å². The first-order valence-corrected chi connectivity index (χ1v) is 7.10. The topological polar surface area (TPSA) is 37.8 Å². The molecule has 104 valence electrons. The number of nitrogens with zero attached hydrogens (tertiary/aromatic N) is 2. The van der Waals surface area contributed by atoms with E-state index in [1.165, 1.54) is 0 Å². The molecule has 0 unspecified atom stereocenters. The summed E-state index contributed by atoms with van der Waals surface area (Å²) in [4.78, 5) is 0. The van der Waals surface area contributed by atoms with Gasteiger partial charge in [-0.2, -0.15) is 0 Å². The number of hydrogen-bond donors (Lipinski definition) is 1. The second-order valence-corrected chi connectivity index (χ2v) is 5.15. The molecule has 0 atom stereocenters. The van der Waals surface area contributed by atoms with Crippen LogP contribution in [0.4, 0.5) is 11.4 Å². The molecule has 0 spiro atoms. The molecule has 0 saturated heterocycles. The third kappa shape index (κ3) is 3.15. The van der Waals surface area contributed by atoms with Crippen LogP contribution in [0.25, 0.3) is 11.1 Å². The van der Waals surface area contributed by atoms with Gasteiger partial charge in [0.05, 0.1) is 5.69 Å². The van der Waals surface area contributed by atoms with Gasteiger partial charge in [0.15, 0.2) is 10.3 Å². The highest BCUT2D eigenvalue weighted by molar-refractivity contribution is 6.33. The van der Waals surface area contributed by atoms with E-state index in [0.29, 0.717) is 10.8 Å². The number of halogens is 2. The smallest absolute Gasteiger partial charge is 0.175 e. The lowest BCUT2D eigenvalue weighted by Gasteiger charge is -2.12.